The summed E-state index contributed by atoms with van der Waals surface area (Å²) in [7, 11) is 0. The first-order valence-corrected chi connectivity index (χ1v) is 6.02. The zero-order chi connectivity index (χ0) is 13.8. The zero-order valence-corrected chi connectivity index (χ0v) is 11.1. The quantitative estimate of drug-likeness (QED) is 0.430. The number of hydrogen-bond donors (Lipinski definition) is 0. The summed E-state index contributed by atoms with van der Waals surface area (Å²) in [6.07, 6.45) is 3.42. The molecule has 0 spiro atoms. The summed E-state index contributed by atoms with van der Waals surface area (Å²) >= 11 is 0. The first-order valence-electron chi connectivity index (χ1n) is 6.02. The van der Waals surface area contributed by atoms with E-state index in [9.17, 15) is 14.4 Å². The molecule has 0 radical (unpaired) electrons. The van der Waals surface area contributed by atoms with Crippen molar-refractivity contribution >= 4 is 17.8 Å². The molecule has 18 heavy (non-hydrogen) atoms. The maximum Gasteiger partial charge on any atom is 0.330 e. The second-order valence-electron chi connectivity index (χ2n) is 5.07. The molecule has 1 aliphatic heterocycles. The van der Waals surface area contributed by atoms with Crippen LogP contribution in [0.3, 0.4) is 0 Å². The molecule has 1 saturated heterocycles. The molecule has 1 aliphatic rings. The van der Waals surface area contributed by atoms with E-state index >= 15 is 0 Å². The Kier molecular flexibility index (Phi) is 4.64. The van der Waals surface area contributed by atoms with Gasteiger partial charge >= 0.3 is 5.97 Å². The van der Waals surface area contributed by atoms with Crippen molar-refractivity contribution < 1.29 is 19.1 Å². The average molecular weight is 253 g/mol. The number of carbonyl (C=O) groups is 3. The molecule has 1 heterocycles. The summed E-state index contributed by atoms with van der Waals surface area (Å²) < 4.78 is 4.70. The molecule has 1 rings (SSSR count). The van der Waals surface area contributed by atoms with Crippen LogP contribution in [0.4, 0.5) is 0 Å². The first kappa shape index (κ1) is 14.4. The van der Waals surface area contributed by atoms with Crippen LogP contribution in [0.25, 0.3) is 0 Å². The number of esters is 1. The largest absolute Gasteiger partial charge is 0.463 e. The van der Waals surface area contributed by atoms with Gasteiger partial charge in [0.15, 0.2) is 0 Å². The van der Waals surface area contributed by atoms with Crippen LogP contribution in [-0.4, -0.2) is 35.8 Å². The van der Waals surface area contributed by atoms with Crippen molar-refractivity contribution in [1.82, 2.24) is 4.90 Å². The van der Waals surface area contributed by atoms with Crippen molar-refractivity contribution in [1.29, 1.82) is 0 Å². The highest BCUT2D eigenvalue weighted by molar-refractivity contribution is 5.98. The first-order chi connectivity index (χ1) is 8.35. The minimum atomic E-state index is -0.463. The van der Waals surface area contributed by atoms with Gasteiger partial charge in [0.1, 0.15) is 0 Å². The number of rotatable bonds is 4. The topological polar surface area (TPSA) is 63.7 Å². The molecule has 0 atom stereocenters. The Labute approximate surface area is 107 Å². The molecule has 0 aliphatic carbocycles. The Morgan fingerprint density at radius 3 is 2.39 bits per heavy atom. The summed E-state index contributed by atoms with van der Waals surface area (Å²) in [5.41, 5.74) is -0.268. The SMILES string of the molecule is CCOC(=O)/C=C/CN1C(=O)CC(C)(C)CC1=O. The number of nitrogens with zero attached hydrogens (tertiary/aromatic N) is 1. The predicted octanol–water partition coefficient (Wildman–Crippen LogP) is 1.28. The Morgan fingerprint density at radius 1 is 1.33 bits per heavy atom. The van der Waals surface area contributed by atoms with Gasteiger partial charge < -0.3 is 4.74 Å². The summed E-state index contributed by atoms with van der Waals surface area (Å²) in [6.45, 7) is 5.94. The van der Waals surface area contributed by atoms with E-state index in [1.807, 2.05) is 13.8 Å². The third kappa shape index (κ3) is 3.98. The lowest BCUT2D eigenvalue weighted by molar-refractivity contribution is -0.151. The van der Waals surface area contributed by atoms with E-state index in [-0.39, 0.29) is 23.8 Å². The highest BCUT2D eigenvalue weighted by Gasteiger charge is 2.36. The Hall–Kier alpha value is -1.65. The summed E-state index contributed by atoms with van der Waals surface area (Å²) in [6, 6.07) is 0. The van der Waals surface area contributed by atoms with Crippen molar-refractivity contribution in [2.24, 2.45) is 5.41 Å². The van der Waals surface area contributed by atoms with Gasteiger partial charge in [0.2, 0.25) is 11.8 Å². The lowest BCUT2D eigenvalue weighted by Gasteiger charge is -2.34. The molecule has 2 amide bonds. The van der Waals surface area contributed by atoms with Crippen LogP contribution >= 0.6 is 0 Å². The highest BCUT2D eigenvalue weighted by Crippen LogP contribution is 2.31. The van der Waals surface area contributed by atoms with Crippen molar-refractivity contribution in [3.63, 3.8) is 0 Å². The fourth-order valence-corrected chi connectivity index (χ4v) is 1.86. The zero-order valence-electron chi connectivity index (χ0n) is 11.1. The van der Waals surface area contributed by atoms with Gasteiger partial charge in [-0.3, -0.25) is 14.5 Å². The molecule has 5 nitrogen and oxygen atoms in total. The number of likely N-dealkylation sites (tertiary alicyclic amines) is 1. The smallest absolute Gasteiger partial charge is 0.330 e. The number of hydrogen-bond acceptors (Lipinski definition) is 4. The van der Waals surface area contributed by atoms with E-state index in [0.717, 1.165) is 0 Å². The molecule has 100 valence electrons. The number of amides is 2. The minimum Gasteiger partial charge on any atom is -0.463 e. The lowest BCUT2D eigenvalue weighted by Crippen LogP contribution is -2.46. The molecule has 0 aromatic rings. The standard InChI is InChI=1S/C13H19NO4/c1-4-18-12(17)6-5-7-14-10(15)8-13(2,3)9-11(14)16/h5-6H,4,7-9H2,1-3H3/b6-5+. The molecule has 0 aromatic heterocycles. The highest BCUT2D eigenvalue weighted by atomic mass is 16.5. The lowest BCUT2D eigenvalue weighted by atomic mass is 9.82. The maximum atomic E-state index is 11.8. The van der Waals surface area contributed by atoms with Crippen LogP contribution in [0.2, 0.25) is 0 Å². The summed E-state index contributed by atoms with van der Waals surface area (Å²) in [4.78, 5) is 35.8. The third-order valence-electron chi connectivity index (χ3n) is 2.69. The van der Waals surface area contributed by atoms with Crippen LogP contribution in [-0.2, 0) is 19.1 Å². The van der Waals surface area contributed by atoms with E-state index < -0.39 is 5.97 Å². The van der Waals surface area contributed by atoms with Crippen molar-refractivity contribution in [3.8, 4) is 0 Å². The van der Waals surface area contributed by atoms with Gasteiger partial charge in [0, 0.05) is 25.5 Å². The molecule has 0 bridgehead atoms. The Morgan fingerprint density at radius 2 is 1.89 bits per heavy atom. The van der Waals surface area contributed by atoms with E-state index in [2.05, 4.69) is 0 Å². The van der Waals surface area contributed by atoms with Crippen LogP contribution in [0.15, 0.2) is 12.2 Å². The normalized spacial score (nSPS) is 19.4. The van der Waals surface area contributed by atoms with Gasteiger partial charge in [0.25, 0.3) is 0 Å². The number of carbonyl (C=O) groups excluding carboxylic acids is 3. The van der Waals surface area contributed by atoms with E-state index in [4.69, 9.17) is 4.74 Å². The fourth-order valence-electron chi connectivity index (χ4n) is 1.86. The van der Waals surface area contributed by atoms with Crippen molar-refractivity contribution in [3.05, 3.63) is 12.2 Å². The van der Waals surface area contributed by atoms with Crippen LogP contribution in [0.5, 0.6) is 0 Å². The Balaban J connectivity index is 2.55. The van der Waals surface area contributed by atoms with Crippen LogP contribution in [0.1, 0.15) is 33.6 Å². The van der Waals surface area contributed by atoms with Crippen LogP contribution < -0.4 is 0 Å². The van der Waals surface area contributed by atoms with E-state index in [0.29, 0.717) is 19.4 Å². The monoisotopic (exact) mass is 253 g/mol. The van der Waals surface area contributed by atoms with Crippen LogP contribution in [0, 0.1) is 5.41 Å². The second kappa shape index (κ2) is 5.80. The molecule has 0 N–H and O–H groups in total. The second-order valence-corrected chi connectivity index (χ2v) is 5.07. The fraction of sp³-hybridized carbons (Fsp3) is 0.615. The predicted molar refractivity (Wildman–Crippen MR) is 65.5 cm³/mol. The molecule has 1 fully saturated rings. The molecule has 5 heteroatoms. The maximum absolute atomic E-state index is 11.8. The minimum absolute atomic E-state index is 0.132. The van der Waals surface area contributed by atoms with Gasteiger partial charge in [-0.25, -0.2) is 4.79 Å². The molecule has 0 aromatic carbocycles. The summed E-state index contributed by atoms with van der Waals surface area (Å²) in [5.74, 6) is -0.843. The number of piperidine rings is 1. The molecule has 0 unspecified atom stereocenters. The van der Waals surface area contributed by atoms with Gasteiger partial charge in [-0.05, 0) is 12.3 Å². The number of ether oxygens (including phenoxy) is 1. The Bertz CT molecular complexity index is 364. The van der Waals surface area contributed by atoms with Crippen molar-refractivity contribution in [2.45, 2.75) is 33.6 Å². The molecular weight excluding hydrogens is 234 g/mol. The van der Waals surface area contributed by atoms with E-state index in [1.165, 1.54) is 17.1 Å². The van der Waals surface area contributed by atoms with Gasteiger partial charge in [-0.1, -0.05) is 19.9 Å². The van der Waals surface area contributed by atoms with Gasteiger partial charge in [0.05, 0.1) is 6.61 Å². The third-order valence-corrected chi connectivity index (χ3v) is 2.69. The van der Waals surface area contributed by atoms with Gasteiger partial charge in [-0.2, -0.15) is 0 Å². The van der Waals surface area contributed by atoms with Crippen molar-refractivity contribution in [2.75, 3.05) is 13.2 Å². The summed E-state index contributed by atoms with van der Waals surface area (Å²) in [5, 5.41) is 0. The average Bonchev–Trinajstić information content (AvgIpc) is 2.21. The van der Waals surface area contributed by atoms with E-state index in [1.54, 1.807) is 6.92 Å². The number of imide groups is 1. The molecule has 0 saturated carbocycles. The molecular formula is C13H19NO4. The van der Waals surface area contributed by atoms with Gasteiger partial charge in [-0.15, -0.1) is 0 Å².